The molecular weight excluding hydrogens is 410 g/mol. The Morgan fingerprint density at radius 2 is 1.84 bits per heavy atom. The van der Waals surface area contributed by atoms with Crippen LogP contribution < -0.4 is 20.5 Å². The second kappa shape index (κ2) is 9.64. The van der Waals surface area contributed by atoms with Gasteiger partial charge in [-0.05, 0) is 64.4 Å². The van der Waals surface area contributed by atoms with Crippen LogP contribution in [0, 0.1) is 0 Å². The third-order valence-electron chi connectivity index (χ3n) is 6.54. The highest BCUT2D eigenvalue weighted by atomic mass is 16.6. The summed E-state index contributed by atoms with van der Waals surface area (Å²) in [5, 5.41) is 5.79. The summed E-state index contributed by atoms with van der Waals surface area (Å²) in [6, 6.07) is 6.35. The molecule has 0 bridgehead atoms. The van der Waals surface area contributed by atoms with Gasteiger partial charge in [-0.15, -0.1) is 0 Å². The number of ether oxygens (including phenoxy) is 2. The summed E-state index contributed by atoms with van der Waals surface area (Å²) < 4.78 is 10.5. The zero-order valence-electron chi connectivity index (χ0n) is 19.5. The number of methoxy groups -OCH3 is 1. The van der Waals surface area contributed by atoms with E-state index in [2.05, 4.69) is 21.8 Å². The molecule has 0 spiro atoms. The Morgan fingerprint density at radius 1 is 1.09 bits per heavy atom. The molecule has 1 aromatic rings. The van der Waals surface area contributed by atoms with Crippen LogP contribution in [-0.4, -0.2) is 75.2 Å². The Hall–Kier alpha value is -2.36. The van der Waals surface area contributed by atoms with Gasteiger partial charge in [0.15, 0.2) is 0 Å². The van der Waals surface area contributed by atoms with Gasteiger partial charge in [-0.25, -0.2) is 14.6 Å². The number of amides is 2. The molecule has 176 valence electrons. The number of carbonyl (C=O) groups is 2. The zero-order chi connectivity index (χ0) is 22.8. The summed E-state index contributed by atoms with van der Waals surface area (Å²) in [7, 11) is 1.38. The van der Waals surface area contributed by atoms with Gasteiger partial charge in [0, 0.05) is 25.0 Å². The number of rotatable bonds is 3. The van der Waals surface area contributed by atoms with Crippen molar-refractivity contribution >= 4 is 23.6 Å². The number of anilines is 2. The first kappa shape index (κ1) is 22.8. The standard InChI is InChI=1S/C23H35N5O4/c1-15(2)32-22(29)26-13-16(3)28(23(30)31-4)20-6-5-17(11-21(20)26)18-12-25-27(14-18)19-7-9-24-10-8-19/h5-6,11,15-16,18-19,24-25H,7-10,12-14H2,1-4H3/t16-,18?/m0/s1. The molecule has 32 heavy (non-hydrogen) atoms. The van der Waals surface area contributed by atoms with Gasteiger partial charge in [-0.3, -0.25) is 15.2 Å². The molecular formula is C23H35N5O4. The van der Waals surface area contributed by atoms with Crippen molar-refractivity contribution in [1.82, 2.24) is 15.8 Å². The Labute approximate surface area is 190 Å². The second-order valence-electron chi connectivity index (χ2n) is 9.17. The van der Waals surface area contributed by atoms with E-state index in [1.807, 2.05) is 32.9 Å². The monoisotopic (exact) mass is 445 g/mol. The normalized spacial score (nSPS) is 24.5. The summed E-state index contributed by atoms with van der Waals surface area (Å²) >= 11 is 0. The second-order valence-corrected chi connectivity index (χ2v) is 9.17. The highest BCUT2D eigenvalue weighted by Crippen LogP contribution is 2.39. The summed E-state index contributed by atoms with van der Waals surface area (Å²) in [5.41, 5.74) is 6.08. The van der Waals surface area contributed by atoms with Gasteiger partial charge in [-0.2, -0.15) is 0 Å². The first-order chi connectivity index (χ1) is 15.4. The molecule has 9 nitrogen and oxygen atoms in total. The molecule has 2 N–H and O–H groups in total. The average Bonchev–Trinajstić information content (AvgIpc) is 3.28. The number of fused-ring (bicyclic) bond motifs is 1. The number of benzene rings is 1. The predicted molar refractivity (Wildman–Crippen MR) is 123 cm³/mol. The predicted octanol–water partition coefficient (Wildman–Crippen LogP) is 2.67. The minimum absolute atomic E-state index is 0.222. The van der Waals surface area contributed by atoms with Crippen LogP contribution in [-0.2, 0) is 9.47 Å². The zero-order valence-corrected chi connectivity index (χ0v) is 19.5. The maximum Gasteiger partial charge on any atom is 0.414 e. The van der Waals surface area contributed by atoms with Crippen molar-refractivity contribution in [1.29, 1.82) is 0 Å². The van der Waals surface area contributed by atoms with Crippen LogP contribution in [0.2, 0.25) is 0 Å². The largest absolute Gasteiger partial charge is 0.452 e. The van der Waals surface area contributed by atoms with Crippen LogP contribution in [0.3, 0.4) is 0 Å². The third kappa shape index (κ3) is 4.55. The molecule has 9 heteroatoms. The SMILES string of the molecule is COC(=O)N1c2ccc(C3CNN(C4CCNCC4)C3)cc2N(C(=O)OC(C)C)C[C@@H]1C. The number of piperidine rings is 1. The van der Waals surface area contributed by atoms with E-state index in [-0.39, 0.29) is 12.1 Å². The summed E-state index contributed by atoms with van der Waals surface area (Å²) in [4.78, 5) is 28.7. The van der Waals surface area contributed by atoms with Gasteiger partial charge in [0.25, 0.3) is 0 Å². The van der Waals surface area contributed by atoms with E-state index >= 15 is 0 Å². The first-order valence-corrected chi connectivity index (χ1v) is 11.6. The van der Waals surface area contributed by atoms with E-state index in [1.165, 1.54) is 7.11 Å². The van der Waals surface area contributed by atoms with Crippen molar-refractivity contribution < 1.29 is 19.1 Å². The van der Waals surface area contributed by atoms with Crippen molar-refractivity contribution in [3.63, 3.8) is 0 Å². The lowest BCUT2D eigenvalue weighted by Gasteiger charge is -2.40. The van der Waals surface area contributed by atoms with E-state index in [9.17, 15) is 9.59 Å². The fourth-order valence-corrected chi connectivity index (χ4v) is 4.92. The number of hydrazine groups is 1. The molecule has 2 saturated heterocycles. The van der Waals surface area contributed by atoms with Gasteiger partial charge >= 0.3 is 12.2 Å². The number of hydrogen-bond acceptors (Lipinski definition) is 7. The molecule has 1 aromatic carbocycles. The van der Waals surface area contributed by atoms with Crippen molar-refractivity contribution in [3.8, 4) is 0 Å². The number of nitrogens with one attached hydrogen (secondary N) is 2. The highest BCUT2D eigenvalue weighted by Gasteiger charge is 2.38. The highest BCUT2D eigenvalue weighted by molar-refractivity contribution is 6.00. The first-order valence-electron chi connectivity index (χ1n) is 11.6. The molecule has 3 aliphatic heterocycles. The number of nitrogens with zero attached hydrogens (tertiary/aromatic N) is 3. The minimum atomic E-state index is -0.428. The van der Waals surface area contributed by atoms with E-state index < -0.39 is 12.2 Å². The van der Waals surface area contributed by atoms with Gasteiger partial charge in [0.05, 0.1) is 37.2 Å². The topological polar surface area (TPSA) is 86.4 Å². The summed E-state index contributed by atoms with van der Waals surface area (Å²) in [5.74, 6) is 0.309. The molecule has 3 aliphatic rings. The average molecular weight is 446 g/mol. The van der Waals surface area contributed by atoms with Crippen LogP contribution in [0.15, 0.2) is 18.2 Å². The lowest BCUT2D eigenvalue weighted by molar-refractivity contribution is 0.121. The molecule has 0 radical (unpaired) electrons. The van der Waals surface area contributed by atoms with E-state index in [0.717, 1.165) is 44.6 Å². The van der Waals surface area contributed by atoms with Crippen molar-refractivity contribution in [3.05, 3.63) is 23.8 Å². The van der Waals surface area contributed by atoms with Gasteiger partial charge in [0.1, 0.15) is 0 Å². The minimum Gasteiger partial charge on any atom is -0.452 e. The van der Waals surface area contributed by atoms with Crippen LogP contribution in [0.5, 0.6) is 0 Å². The van der Waals surface area contributed by atoms with E-state index in [1.54, 1.807) is 9.80 Å². The molecule has 4 rings (SSSR count). The van der Waals surface area contributed by atoms with Crippen LogP contribution >= 0.6 is 0 Å². The maximum absolute atomic E-state index is 12.9. The maximum atomic E-state index is 12.9. The quantitative estimate of drug-likeness (QED) is 0.740. The van der Waals surface area contributed by atoms with Gasteiger partial charge in [-0.1, -0.05) is 6.07 Å². The van der Waals surface area contributed by atoms with Crippen LogP contribution in [0.1, 0.15) is 45.1 Å². The van der Waals surface area contributed by atoms with Gasteiger partial charge in [0.2, 0.25) is 0 Å². The van der Waals surface area contributed by atoms with Crippen LogP contribution in [0.4, 0.5) is 21.0 Å². The molecule has 0 saturated carbocycles. The number of hydrogen-bond donors (Lipinski definition) is 2. The lowest BCUT2D eigenvalue weighted by atomic mass is 9.96. The van der Waals surface area contributed by atoms with Crippen molar-refractivity contribution in [2.75, 3.05) is 49.6 Å². The molecule has 3 heterocycles. The fraction of sp³-hybridized carbons (Fsp3) is 0.652. The summed E-state index contributed by atoms with van der Waals surface area (Å²) in [6.07, 6.45) is 1.24. The van der Waals surface area contributed by atoms with E-state index in [0.29, 0.717) is 29.9 Å². The van der Waals surface area contributed by atoms with E-state index in [4.69, 9.17) is 9.47 Å². The molecule has 1 unspecified atom stereocenters. The number of carbonyl (C=O) groups excluding carboxylic acids is 2. The Balaban J connectivity index is 1.61. The van der Waals surface area contributed by atoms with Crippen molar-refractivity contribution in [2.24, 2.45) is 0 Å². The van der Waals surface area contributed by atoms with Gasteiger partial charge < -0.3 is 14.8 Å². The smallest absolute Gasteiger partial charge is 0.414 e. The molecule has 2 atom stereocenters. The Bertz CT molecular complexity index is 842. The molecule has 2 amide bonds. The van der Waals surface area contributed by atoms with Crippen LogP contribution in [0.25, 0.3) is 0 Å². The Morgan fingerprint density at radius 3 is 2.53 bits per heavy atom. The molecule has 0 aromatic heterocycles. The fourth-order valence-electron chi connectivity index (χ4n) is 4.92. The lowest BCUT2D eigenvalue weighted by Crippen LogP contribution is -2.52. The molecule has 0 aliphatic carbocycles. The van der Waals surface area contributed by atoms with Crippen molar-refractivity contribution in [2.45, 2.75) is 57.7 Å². The third-order valence-corrected chi connectivity index (χ3v) is 6.54. The summed E-state index contributed by atoms with van der Waals surface area (Å²) in [6.45, 7) is 9.82. The molecule has 2 fully saturated rings. The Kier molecular flexibility index (Phi) is 6.88.